The Morgan fingerprint density at radius 2 is 2.18 bits per heavy atom. The molecule has 2 nitrogen and oxygen atoms in total. The fourth-order valence-corrected chi connectivity index (χ4v) is 1.15. The Kier molecular flexibility index (Phi) is 4.22. The first-order valence-electron chi connectivity index (χ1n) is 5.10. The second-order valence-electron chi connectivity index (χ2n) is 3.41. The van der Waals surface area contributed by atoms with E-state index in [2.05, 4.69) is 10.7 Å². The van der Waals surface area contributed by atoms with Gasteiger partial charge in [-0.25, -0.2) is 4.79 Å². The highest BCUT2D eigenvalue weighted by Crippen LogP contribution is 2.14. The van der Waals surface area contributed by atoms with Gasteiger partial charge in [0, 0.05) is 5.56 Å². The van der Waals surface area contributed by atoms with Crippen molar-refractivity contribution in [3.05, 3.63) is 35.4 Å². The molecule has 1 aromatic carbocycles. The topological polar surface area (TPSA) is 26.3 Å². The summed E-state index contributed by atoms with van der Waals surface area (Å²) in [5, 5.41) is 0. The molecule has 0 saturated carbocycles. The van der Waals surface area contributed by atoms with Crippen molar-refractivity contribution in [3.63, 3.8) is 0 Å². The summed E-state index contributed by atoms with van der Waals surface area (Å²) in [7, 11) is 0. The second kappa shape index (κ2) is 5.44. The van der Waals surface area contributed by atoms with Gasteiger partial charge in [0.1, 0.15) is 0 Å². The number of aryl methyl sites for hydroxylation is 1. The first kappa shape index (κ1) is 13.2. The number of esters is 1. The monoisotopic (exact) mass is 238 g/mol. The molecule has 0 bridgehead atoms. The van der Waals surface area contributed by atoms with Crippen molar-refractivity contribution in [2.75, 3.05) is 6.61 Å². The SMILES string of the molecule is CCOC(=O)C(F)(F)C#Cc1cccc(C)c1. The van der Waals surface area contributed by atoms with Gasteiger partial charge >= 0.3 is 11.9 Å². The number of halogens is 2. The van der Waals surface area contributed by atoms with E-state index in [-0.39, 0.29) is 6.61 Å². The minimum atomic E-state index is -3.76. The predicted molar refractivity (Wildman–Crippen MR) is 59.6 cm³/mol. The van der Waals surface area contributed by atoms with Crippen LogP contribution in [0.25, 0.3) is 0 Å². The minimum absolute atomic E-state index is 0.0967. The molecule has 0 aliphatic rings. The van der Waals surface area contributed by atoms with Crippen LogP contribution in [0.15, 0.2) is 24.3 Å². The molecule has 0 amide bonds. The van der Waals surface area contributed by atoms with E-state index in [1.54, 1.807) is 24.1 Å². The summed E-state index contributed by atoms with van der Waals surface area (Å²) in [5.74, 6) is -1.48. The number of benzene rings is 1. The van der Waals surface area contributed by atoms with E-state index in [0.29, 0.717) is 5.56 Å². The number of carbonyl (C=O) groups excluding carboxylic acids is 1. The standard InChI is InChI=1S/C13H12F2O2/c1-3-17-12(16)13(14,15)8-7-11-6-4-5-10(2)9-11/h4-6,9H,3H2,1-2H3. The van der Waals surface area contributed by atoms with Gasteiger partial charge in [0.15, 0.2) is 0 Å². The summed E-state index contributed by atoms with van der Waals surface area (Å²) in [5.41, 5.74) is 1.35. The molecule has 0 unspecified atom stereocenters. The van der Waals surface area contributed by atoms with E-state index in [4.69, 9.17) is 0 Å². The highest BCUT2D eigenvalue weighted by Gasteiger charge is 2.38. The molecule has 0 aliphatic carbocycles. The van der Waals surface area contributed by atoms with Gasteiger partial charge in [0.2, 0.25) is 0 Å². The normalized spacial score (nSPS) is 10.4. The average Bonchev–Trinajstić information content (AvgIpc) is 2.27. The zero-order chi connectivity index (χ0) is 12.9. The van der Waals surface area contributed by atoms with E-state index in [1.807, 2.05) is 13.0 Å². The molecule has 17 heavy (non-hydrogen) atoms. The molecular formula is C13H12F2O2. The van der Waals surface area contributed by atoms with Gasteiger partial charge < -0.3 is 4.74 Å². The third-order valence-electron chi connectivity index (χ3n) is 1.91. The Morgan fingerprint density at radius 3 is 2.76 bits per heavy atom. The molecule has 1 rings (SSSR count). The van der Waals surface area contributed by atoms with Crippen LogP contribution in [0.3, 0.4) is 0 Å². The number of hydrogen-bond acceptors (Lipinski definition) is 2. The molecule has 0 aromatic heterocycles. The Labute approximate surface area is 98.6 Å². The van der Waals surface area contributed by atoms with Crippen LogP contribution < -0.4 is 0 Å². The van der Waals surface area contributed by atoms with E-state index >= 15 is 0 Å². The maximum atomic E-state index is 13.1. The van der Waals surface area contributed by atoms with E-state index in [0.717, 1.165) is 5.56 Å². The molecule has 90 valence electrons. The van der Waals surface area contributed by atoms with Crippen LogP contribution in [0.5, 0.6) is 0 Å². The number of carbonyl (C=O) groups is 1. The molecule has 0 radical (unpaired) electrons. The van der Waals surface area contributed by atoms with Crippen molar-refractivity contribution in [1.29, 1.82) is 0 Å². The van der Waals surface area contributed by atoms with Crippen LogP contribution in [0.4, 0.5) is 8.78 Å². The number of hydrogen-bond donors (Lipinski definition) is 0. The maximum Gasteiger partial charge on any atom is 0.403 e. The first-order valence-corrected chi connectivity index (χ1v) is 5.10. The van der Waals surface area contributed by atoms with Crippen molar-refractivity contribution in [2.24, 2.45) is 0 Å². The lowest BCUT2D eigenvalue weighted by Crippen LogP contribution is -2.29. The highest BCUT2D eigenvalue weighted by atomic mass is 19.3. The number of rotatable bonds is 2. The van der Waals surface area contributed by atoms with Crippen molar-refractivity contribution in [3.8, 4) is 11.8 Å². The van der Waals surface area contributed by atoms with E-state index in [1.165, 1.54) is 6.92 Å². The Hall–Kier alpha value is -1.89. The van der Waals surface area contributed by atoms with Crippen LogP contribution >= 0.6 is 0 Å². The van der Waals surface area contributed by atoms with Gasteiger partial charge in [0.05, 0.1) is 6.61 Å². The lowest BCUT2D eigenvalue weighted by molar-refractivity contribution is -0.163. The van der Waals surface area contributed by atoms with Crippen LogP contribution in [-0.2, 0) is 9.53 Å². The smallest absolute Gasteiger partial charge is 0.403 e. The van der Waals surface area contributed by atoms with Crippen LogP contribution in [0, 0.1) is 18.8 Å². The zero-order valence-electron chi connectivity index (χ0n) is 9.59. The summed E-state index contributed by atoms with van der Waals surface area (Å²) < 4.78 is 30.5. The molecule has 0 fully saturated rings. The number of alkyl halides is 2. The largest absolute Gasteiger partial charge is 0.461 e. The van der Waals surface area contributed by atoms with E-state index in [9.17, 15) is 13.6 Å². The van der Waals surface area contributed by atoms with Crippen molar-refractivity contribution in [2.45, 2.75) is 19.8 Å². The molecule has 4 heteroatoms. The lowest BCUT2D eigenvalue weighted by atomic mass is 10.1. The molecule has 1 aromatic rings. The predicted octanol–water partition coefficient (Wildman–Crippen LogP) is 2.54. The summed E-state index contributed by atoms with van der Waals surface area (Å²) in [6.45, 7) is 3.19. The molecule has 0 saturated heterocycles. The lowest BCUT2D eigenvalue weighted by Gasteiger charge is -2.07. The van der Waals surface area contributed by atoms with E-state index < -0.39 is 11.9 Å². The molecule has 0 heterocycles. The summed E-state index contributed by atoms with van der Waals surface area (Å²) in [6.07, 6.45) is 0. The zero-order valence-corrected chi connectivity index (χ0v) is 9.59. The van der Waals surface area contributed by atoms with Crippen molar-refractivity contribution in [1.82, 2.24) is 0 Å². The molecule has 0 atom stereocenters. The third-order valence-corrected chi connectivity index (χ3v) is 1.91. The van der Waals surface area contributed by atoms with Gasteiger partial charge in [-0.15, -0.1) is 0 Å². The fourth-order valence-electron chi connectivity index (χ4n) is 1.15. The van der Waals surface area contributed by atoms with Gasteiger partial charge in [0.25, 0.3) is 0 Å². The molecule has 0 N–H and O–H groups in total. The second-order valence-corrected chi connectivity index (χ2v) is 3.41. The Morgan fingerprint density at radius 1 is 1.47 bits per heavy atom. The summed E-state index contributed by atoms with van der Waals surface area (Å²) >= 11 is 0. The Bertz CT molecular complexity index is 470. The minimum Gasteiger partial charge on any atom is -0.461 e. The van der Waals surface area contributed by atoms with Crippen molar-refractivity contribution >= 4 is 5.97 Å². The quantitative estimate of drug-likeness (QED) is 0.584. The average molecular weight is 238 g/mol. The summed E-state index contributed by atoms with van der Waals surface area (Å²) in [4.78, 5) is 10.9. The first-order chi connectivity index (χ1) is 7.95. The molecule has 0 aliphatic heterocycles. The van der Waals surface area contributed by atoms with Crippen molar-refractivity contribution < 1.29 is 18.3 Å². The van der Waals surface area contributed by atoms with Gasteiger partial charge in [-0.3, -0.25) is 0 Å². The molecule has 0 spiro atoms. The third kappa shape index (κ3) is 3.87. The fraction of sp³-hybridized carbons (Fsp3) is 0.308. The molecular weight excluding hydrogens is 226 g/mol. The Balaban J connectivity index is 2.87. The van der Waals surface area contributed by atoms with Gasteiger partial charge in [-0.05, 0) is 37.5 Å². The van der Waals surface area contributed by atoms with Crippen LogP contribution in [-0.4, -0.2) is 18.5 Å². The van der Waals surface area contributed by atoms with Gasteiger partial charge in [-0.2, -0.15) is 8.78 Å². The van der Waals surface area contributed by atoms with Crippen LogP contribution in [0.2, 0.25) is 0 Å². The van der Waals surface area contributed by atoms with Crippen LogP contribution in [0.1, 0.15) is 18.1 Å². The number of ether oxygens (including phenoxy) is 1. The maximum absolute atomic E-state index is 13.1. The van der Waals surface area contributed by atoms with Gasteiger partial charge in [-0.1, -0.05) is 18.1 Å². The highest BCUT2D eigenvalue weighted by molar-refractivity contribution is 5.81. The summed E-state index contributed by atoms with van der Waals surface area (Å²) in [6, 6.07) is 6.80.